The van der Waals surface area contributed by atoms with Crippen LogP contribution in [0.15, 0.2) is 36.4 Å². The van der Waals surface area contributed by atoms with Gasteiger partial charge in [-0.1, -0.05) is 18.2 Å². The van der Waals surface area contributed by atoms with Gasteiger partial charge in [-0.2, -0.15) is 0 Å². The summed E-state index contributed by atoms with van der Waals surface area (Å²) in [4.78, 5) is 19.9. The molecule has 148 valence electrons. The number of carbonyl (C=O) groups excluding carboxylic acids is 1. The number of carbonyl (C=O) groups is 1. The normalized spacial score (nSPS) is 16.1. The van der Waals surface area contributed by atoms with Gasteiger partial charge in [-0.15, -0.1) is 0 Å². The molecular formula is C23H23N3O3. The summed E-state index contributed by atoms with van der Waals surface area (Å²) in [6, 6.07) is 11.9. The van der Waals surface area contributed by atoms with Crippen molar-refractivity contribution in [3.63, 3.8) is 0 Å². The number of nitrogen functional groups attached to an aromatic ring is 1. The van der Waals surface area contributed by atoms with Crippen molar-refractivity contribution >= 4 is 22.5 Å². The first-order chi connectivity index (χ1) is 14.1. The van der Waals surface area contributed by atoms with Crippen LogP contribution in [0.25, 0.3) is 22.0 Å². The molecular weight excluding hydrogens is 366 g/mol. The Kier molecular flexibility index (Phi) is 4.08. The maximum absolute atomic E-state index is 13.0. The van der Waals surface area contributed by atoms with Crippen LogP contribution in [-0.4, -0.2) is 36.1 Å². The molecule has 6 heteroatoms. The van der Waals surface area contributed by atoms with Crippen molar-refractivity contribution in [3.05, 3.63) is 47.7 Å². The lowest BCUT2D eigenvalue weighted by Gasteiger charge is -2.34. The van der Waals surface area contributed by atoms with Crippen LogP contribution in [0.5, 0.6) is 11.5 Å². The molecule has 0 spiro atoms. The van der Waals surface area contributed by atoms with Crippen LogP contribution in [0.3, 0.4) is 0 Å². The van der Waals surface area contributed by atoms with E-state index in [1.807, 2.05) is 41.3 Å². The second-order valence-electron chi connectivity index (χ2n) is 7.63. The summed E-state index contributed by atoms with van der Waals surface area (Å²) in [5.41, 5.74) is 11.0. The number of pyridine rings is 1. The molecule has 0 bridgehead atoms. The molecule has 0 saturated heterocycles. The number of hydrogen-bond acceptors (Lipinski definition) is 5. The number of hydrogen-bond donors (Lipinski definition) is 1. The minimum atomic E-state index is 0.0176. The highest BCUT2D eigenvalue weighted by Crippen LogP contribution is 2.41. The fraction of sp³-hybridized carbons (Fsp3) is 0.304. The van der Waals surface area contributed by atoms with Gasteiger partial charge in [-0.05, 0) is 31.4 Å². The Labute approximate surface area is 169 Å². The number of nitrogens with zero attached hydrogens (tertiary/aromatic N) is 2. The molecule has 29 heavy (non-hydrogen) atoms. The van der Waals surface area contributed by atoms with Crippen molar-refractivity contribution < 1.29 is 14.3 Å². The van der Waals surface area contributed by atoms with Crippen molar-refractivity contribution in [2.24, 2.45) is 0 Å². The van der Waals surface area contributed by atoms with E-state index in [4.69, 9.17) is 20.2 Å². The summed E-state index contributed by atoms with van der Waals surface area (Å²) in [5.74, 6) is 1.44. The van der Waals surface area contributed by atoms with Gasteiger partial charge >= 0.3 is 0 Å². The summed E-state index contributed by atoms with van der Waals surface area (Å²) in [6.45, 7) is 0.535. The van der Waals surface area contributed by atoms with Gasteiger partial charge in [0.2, 0.25) is 0 Å². The molecule has 2 heterocycles. The number of nitrogens with two attached hydrogens (primary N) is 1. The van der Waals surface area contributed by atoms with Gasteiger partial charge in [-0.25, -0.2) is 4.98 Å². The largest absolute Gasteiger partial charge is 0.497 e. The Balaban J connectivity index is 1.69. The first kappa shape index (κ1) is 17.8. The molecule has 1 aliphatic heterocycles. The minimum absolute atomic E-state index is 0.0176. The zero-order chi connectivity index (χ0) is 20.1. The number of rotatable bonds is 4. The van der Waals surface area contributed by atoms with E-state index in [0.29, 0.717) is 29.6 Å². The smallest absolute Gasteiger partial charge is 0.258 e. The van der Waals surface area contributed by atoms with Gasteiger partial charge in [0.05, 0.1) is 43.2 Å². The van der Waals surface area contributed by atoms with Gasteiger partial charge in [-0.3, -0.25) is 4.79 Å². The van der Waals surface area contributed by atoms with Crippen LogP contribution in [0.4, 0.5) is 5.69 Å². The maximum Gasteiger partial charge on any atom is 0.258 e. The van der Waals surface area contributed by atoms with Crippen LogP contribution >= 0.6 is 0 Å². The number of ether oxygens (including phenoxy) is 2. The molecule has 0 radical (unpaired) electrons. The van der Waals surface area contributed by atoms with E-state index in [1.54, 1.807) is 14.2 Å². The quantitative estimate of drug-likeness (QED) is 0.729. The first-order valence-electron chi connectivity index (χ1n) is 9.86. The third-order valence-electron chi connectivity index (χ3n) is 6.14. The fourth-order valence-corrected chi connectivity index (χ4v) is 4.32. The Morgan fingerprint density at radius 2 is 1.93 bits per heavy atom. The molecule has 1 amide bonds. The van der Waals surface area contributed by atoms with E-state index < -0.39 is 0 Å². The van der Waals surface area contributed by atoms with E-state index in [-0.39, 0.29) is 5.91 Å². The van der Waals surface area contributed by atoms with Crippen LogP contribution in [0.1, 0.15) is 35.3 Å². The standard InChI is InChI=1S/C23H23N3O3/c1-28-14-9-10-15(19(11-14)29-2)16-7-4-8-17-21(24)20-18(25-22(16)17)12-26(23(20)27)13-5-3-6-13/h4,7-11,13H,3,5-6,12H2,1-2H3,(H2,24,25). The highest BCUT2D eigenvalue weighted by atomic mass is 16.5. The van der Waals surface area contributed by atoms with Gasteiger partial charge in [0.15, 0.2) is 0 Å². The highest BCUT2D eigenvalue weighted by Gasteiger charge is 2.38. The molecule has 3 aromatic rings. The summed E-state index contributed by atoms with van der Waals surface area (Å²) < 4.78 is 10.9. The van der Waals surface area contributed by atoms with E-state index in [9.17, 15) is 4.79 Å². The Morgan fingerprint density at radius 3 is 2.62 bits per heavy atom. The zero-order valence-corrected chi connectivity index (χ0v) is 16.6. The molecule has 0 unspecified atom stereocenters. The highest BCUT2D eigenvalue weighted by molar-refractivity contribution is 6.11. The average molecular weight is 389 g/mol. The zero-order valence-electron chi connectivity index (χ0n) is 16.6. The fourth-order valence-electron chi connectivity index (χ4n) is 4.32. The molecule has 6 nitrogen and oxygen atoms in total. The molecule has 1 saturated carbocycles. The molecule has 2 aromatic carbocycles. The molecule has 1 aliphatic carbocycles. The van der Waals surface area contributed by atoms with E-state index >= 15 is 0 Å². The second kappa shape index (κ2) is 6.65. The third-order valence-corrected chi connectivity index (χ3v) is 6.14. The monoisotopic (exact) mass is 389 g/mol. The van der Waals surface area contributed by atoms with Crippen molar-refractivity contribution in [2.75, 3.05) is 20.0 Å². The van der Waals surface area contributed by atoms with Gasteiger partial charge < -0.3 is 20.1 Å². The Hall–Kier alpha value is -3.28. The van der Waals surface area contributed by atoms with E-state index in [2.05, 4.69) is 0 Å². The van der Waals surface area contributed by atoms with Gasteiger partial charge in [0.1, 0.15) is 11.5 Å². The SMILES string of the molecule is COc1ccc(-c2cccc3c(N)c4c(nc23)CN(C2CCC2)C4=O)c(OC)c1. The summed E-state index contributed by atoms with van der Waals surface area (Å²) in [7, 11) is 3.26. The van der Waals surface area contributed by atoms with E-state index in [0.717, 1.165) is 46.3 Å². The third kappa shape index (κ3) is 2.63. The number of anilines is 1. The number of fused-ring (bicyclic) bond motifs is 2. The first-order valence-corrected chi connectivity index (χ1v) is 9.86. The van der Waals surface area contributed by atoms with Gasteiger partial charge in [0.25, 0.3) is 5.91 Å². The second-order valence-corrected chi connectivity index (χ2v) is 7.63. The average Bonchev–Trinajstić information content (AvgIpc) is 3.02. The van der Waals surface area contributed by atoms with Gasteiger partial charge in [0, 0.05) is 28.6 Å². The lowest BCUT2D eigenvalue weighted by molar-refractivity contribution is 0.0606. The number of benzene rings is 2. The lowest BCUT2D eigenvalue weighted by Crippen LogP contribution is -2.40. The summed E-state index contributed by atoms with van der Waals surface area (Å²) >= 11 is 0. The van der Waals surface area contributed by atoms with Crippen molar-refractivity contribution in [2.45, 2.75) is 31.8 Å². The molecule has 2 aliphatic rings. The maximum atomic E-state index is 13.0. The van der Waals surface area contributed by atoms with Crippen molar-refractivity contribution in [3.8, 4) is 22.6 Å². The van der Waals surface area contributed by atoms with E-state index in [1.165, 1.54) is 6.42 Å². The van der Waals surface area contributed by atoms with Crippen LogP contribution in [0, 0.1) is 0 Å². The van der Waals surface area contributed by atoms with Crippen LogP contribution < -0.4 is 15.2 Å². The molecule has 1 aromatic heterocycles. The number of methoxy groups -OCH3 is 2. The molecule has 5 rings (SSSR count). The summed E-state index contributed by atoms with van der Waals surface area (Å²) in [6.07, 6.45) is 3.30. The minimum Gasteiger partial charge on any atom is -0.497 e. The lowest BCUT2D eigenvalue weighted by atomic mass is 9.92. The molecule has 1 fully saturated rings. The Bertz CT molecular complexity index is 1140. The summed E-state index contributed by atoms with van der Waals surface area (Å²) in [5, 5.41) is 0.794. The number of para-hydroxylation sites is 1. The van der Waals surface area contributed by atoms with Crippen LogP contribution in [-0.2, 0) is 6.54 Å². The van der Waals surface area contributed by atoms with Crippen molar-refractivity contribution in [1.82, 2.24) is 9.88 Å². The number of aromatic nitrogens is 1. The van der Waals surface area contributed by atoms with Crippen LogP contribution in [0.2, 0.25) is 0 Å². The number of amides is 1. The topological polar surface area (TPSA) is 77.7 Å². The predicted molar refractivity (Wildman–Crippen MR) is 112 cm³/mol. The molecule has 2 N–H and O–H groups in total. The van der Waals surface area contributed by atoms with Crippen molar-refractivity contribution in [1.29, 1.82) is 0 Å². The molecule has 0 atom stereocenters. The predicted octanol–water partition coefficient (Wildman–Crippen LogP) is 4.01. The Morgan fingerprint density at radius 1 is 1.10 bits per heavy atom.